The van der Waals surface area contributed by atoms with E-state index in [-0.39, 0.29) is 5.76 Å². The zero-order valence-electron chi connectivity index (χ0n) is 10.3. The van der Waals surface area contributed by atoms with Gasteiger partial charge in [0, 0.05) is 0 Å². The number of hydrogen-bond acceptors (Lipinski definition) is 1. The highest BCUT2D eigenvalue weighted by Crippen LogP contribution is 2.29. The van der Waals surface area contributed by atoms with Gasteiger partial charge in [-0.1, -0.05) is 32.9 Å². The fraction of sp³-hybridized carbons (Fsp3) is 0.571. The zero-order valence-corrected chi connectivity index (χ0v) is 10.3. The summed E-state index contributed by atoms with van der Waals surface area (Å²) in [5.41, 5.74) is 0. The fourth-order valence-corrected chi connectivity index (χ4v) is 2.00. The topological polar surface area (TPSA) is 9.23 Å². The van der Waals surface area contributed by atoms with Crippen molar-refractivity contribution in [3.05, 3.63) is 36.6 Å². The van der Waals surface area contributed by atoms with Gasteiger partial charge in [0.15, 0.2) is 17.4 Å². The molecule has 3 heteroatoms. The van der Waals surface area contributed by atoms with E-state index >= 15 is 0 Å². The first-order valence-electron chi connectivity index (χ1n) is 6.04. The van der Waals surface area contributed by atoms with Crippen LogP contribution in [0.15, 0.2) is 36.6 Å². The first kappa shape index (κ1) is 13.9. The van der Waals surface area contributed by atoms with Crippen molar-refractivity contribution >= 4 is 0 Å². The third-order valence-corrected chi connectivity index (χ3v) is 3.26. The summed E-state index contributed by atoms with van der Waals surface area (Å²) in [7, 11) is 0. The quantitative estimate of drug-likeness (QED) is 0.502. The van der Waals surface area contributed by atoms with Crippen LogP contribution in [0, 0.1) is 11.8 Å². The van der Waals surface area contributed by atoms with Crippen molar-refractivity contribution < 1.29 is 13.5 Å². The molecule has 17 heavy (non-hydrogen) atoms. The maximum absolute atomic E-state index is 13.2. The lowest BCUT2D eigenvalue weighted by molar-refractivity contribution is 0.130. The Morgan fingerprint density at radius 2 is 1.88 bits per heavy atom. The summed E-state index contributed by atoms with van der Waals surface area (Å²) in [6.07, 6.45) is 5.35. The van der Waals surface area contributed by atoms with Crippen LogP contribution in [0.1, 0.15) is 32.6 Å². The average molecular weight is 242 g/mol. The summed E-state index contributed by atoms with van der Waals surface area (Å²) in [4.78, 5) is 0. The molecule has 1 rings (SSSR count). The van der Waals surface area contributed by atoms with Crippen molar-refractivity contribution in [3.8, 4) is 0 Å². The molecule has 0 N–H and O–H groups in total. The Morgan fingerprint density at radius 1 is 1.29 bits per heavy atom. The van der Waals surface area contributed by atoms with Gasteiger partial charge in [-0.15, -0.1) is 0 Å². The van der Waals surface area contributed by atoms with E-state index in [1.165, 1.54) is 12.8 Å². The van der Waals surface area contributed by atoms with Gasteiger partial charge in [-0.3, -0.25) is 0 Å². The lowest BCUT2D eigenvalue weighted by atomic mass is 9.83. The molecular weight excluding hydrogens is 222 g/mol. The summed E-state index contributed by atoms with van der Waals surface area (Å²) in [5.74, 6) is -1.11. The van der Waals surface area contributed by atoms with E-state index in [0.717, 1.165) is 24.8 Å². The van der Waals surface area contributed by atoms with Gasteiger partial charge < -0.3 is 4.74 Å². The molecule has 1 saturated carbocycles. The Kier molecular flexibility index (Phi) is 5.39. The second-order valence-electron chi connectivity index (χ2n) is 4.73. The van der Waals surface area contributed by atoms with E-state index < -0.39 is 11.7 Å². The van der Waals surface area contributed by atoms with Crippen LogP contribution in [0.25, 0.3) is 0 Å². The Bertz CT molecular complexity index is 312. The monoisotopic (exact) mass is 242 g/mol. The van der Waals surface area contributed by atoms with Crippen molar-refractivity contribution in [2.75, 3.05) is 6.61 Å². The van der Waals surface area contributed by atoms with E-state index in [2.05, 4.69) is 20.1 Å². The number of ether oxygens (including phenoxy) is 1. The molecule has 1 aliphatic rings. The molecule has 0 aromatic heterocycles. The molecule has 1 fully saturated rings. The molecule has 1 aliphatic carbocycles. The van der Waals surface area contributed by atoms with Crippen LogP contribution in [0.2, 0.25) is 0 Å². The van der Waals surface area contributed by atoms with Gasteiger partial charge in [-0.05, 0) is 30.8 Å². The third-order valence-electron chi connectivity index (χ3n) is 3.26. The summed E-state index contributed by atoms with van der Waals surface area (Å²) in [6, 6.07) is 0. The normalized spacial score (nSPS) is 26.1. The minimum Gasteiger partial charge on any atom is -0.491 e. The SMILES string of the molecule is C=C/C(F)=C(/F)C(=C)OCC1CCC(C)CC1. The number of halogens is 2. The van der Waals surface area contributed by atoms with Crippen molar-refractivity contribution in [1.82, 2.24) is 0 Å². The molecule has 0 aromatic rings. The molecule has 0 spiro atoms. The van der Waals surface area contributed by atoms with Crippen LogP contribution in [0.4, 0.5) is 8.78 Å². The van der Waals surface area contributed by atoms with Crippen molar-refractivity contribution in [2.24, 2.45) is 11.8 Å². The second kappa shape index (κ2) is 6.58. The highest BCUT2D eigenvalue weighted by Gasteiger charge is 2.19. The van der Waals surface area contributed by atoms with Gasteiger partial charge in [0.05, 0.1) is 6.61 Å². The highest BCUT2D eigenvalue weighted by molar-refractivity contribution is 5.25. The summed E-state index contributed by atoms with van der Waals surface area (Å²) >= 11 is 0. The van der Waals surface area contributed by atoms with E-state index in [0.29, 0.717) is 12.5 Å². The Hall–Kier alpha value is -1.12. The van der Waals surface area contributed by atoms with Crippen LogP contribution in [-0.4, -0.2) is 6.61 Å². The molecule has 0 amide bonds. The zero-order chi connectivity index (χ0) is 12.8. The molecule has 0 aliphatic heterocycles. The van der Waals surface area contributed by atoms with Crippen molar-refractivity contribution in [2.45, 2.75) is 32.6 Å². The first-order chi connectivity index (χ1) is 8.04. The molecule has 0 heterocycles. The van der Waals surface area contributed by atoms with Crippen LogP contribution >= 0.6 is 0 Å². The fourth-order valence-electron chi connectivity index (χ4n) is 2.00. The summed E-state index contributed by atoms with van der Waals surface area (Å²) < 4.78 is 31.2. The lowest BCUT2D eigenvalue weighted by Gasteiger charge is -2.26. The van der Waals surface area contributed by atoms with E-state index in [1.807, 2.05) is 0 Å². The minimum atomic E-state index is -1.05. The largest absolute Gasteiger partial charge is 0.491 e. The maximum Gasteiger partial charge on any atom is 0.199 e. The predicted octanol–water partition coefficient (Wildman–Crippen LogP) is 4.68. The minimum absolute atomic E-state index is 0.235. The molecule has 0 saturated heterocycles. The van der Waals surface area contributed by atoms with Crippen molar-refractivity contribution in [3.63, 3.8) is 0 Å². The standard InChI is InChI=1S/C14H20F2O/c1-4-13(15)14(16)11(3)17-9-12-7-5-10(2)6-8-12/h4,10,12H,1,3,5-9H2,2H3/b14-13-. The smallest absolute Gasteiger partial charge is 0.199 e. The lowest BCUT2D eigenvalue weighted by Crippen LogP contribution is -2.17. The van der Waals surface area contributed by atoms with Crippen LogP contribution in [0.5, 0.6) is 0 Å². The number of hydrogen-bond donors (Lipinski definition) is 0. The van der Waals surface area contributed by atoms with Gasteiger partial charge in [0.1, 0.15) is 0 Å². The Balaban J connectivity index is 2.36. The molecule has 0 radical (unpaired) electrons. The number of rotatable bonds is 5. The second-order valence-corrected chi connectivity index (χ2v) is 4.73. The highest BCUT2D eigenvalue weighted by atomic mass is 19.2. The molecule has 0 unspecified atom stereocenters. The van der Waals surface area contributed by atoms with Gasteiger partial charge in [0.2, 0.25) is 0 Å². The van der Waals surface area contributed by atoms with E-state index in [1.54, 1.807) is 0 Å². The summed E-state index contributed by atoms with van der Waals surface area (Å²) in [5, 5.41) is 0. The van der Waals surface area contributed by atoms with Gasteiger partial charge in [0.25, 0.3) is 0 Å². The van der Waals surface area contributed by atoms with Crippen LogP contribution in [-0.2, 0) is 4.74 Å². The van der Waals surface area contributed by atoms with Gasteiger partial charge >= 0.3 is 0 Å². The molecule has 96 valence electrons. The van der Waals surface area contributed by atoms with Crippen molar-refractivity contribution in [1.29, 1.82) is 0 Å². The van der Waals surface area contributed by atoms with Crippen LogP contribution < -0.4 is 0 Å². The number of allylic oxidation sites excluding steroid dienone is 3. The average Bonchev–Trinajstić information content (AvgIpc) is 2.35. The molecule has 0 atom stereocenters. The first-order valence-corrected chi connectivity index (χ1v) is 6.04. The Labute approximate surface area is 102 Å². The molecule has 0 aromatic carbocycles. The third kappa shape index (κ3) is 4.33. The molecule has 1 nitrogen and oxygen atoms in total. The molecular formula is C14H20F2O. The van der Waals surface area contributed by atoms with E-state index in [4.69, 9.17) is 4.74 Å². The van der Waals surface area contributed by atoms with E-state index in [9.17, 15) is 8.78 Å². The molecule has 0 bridgehead atoms. The van der Waals surface area contributed by atoms with Crippen LogP contribution in [0.3, 0.4) is 0 Å². The predicted molar refractivity (Wildman–Crippen MR) is 65.7 cm³/mol. The maximum atomic E-state index is 13.2. The van der Waals surface area contributed by atoms with Gasteiger partial charge in [-0.2, -0.15) is 4.39 Å². The van der Waals surface area contributed by atoms with Gasteiger partial charge in [-0.25, -0.2) is 4.39 Å². The Morgan fingerprint density at radius 3 is 2.41 bits per heavy atom. The summed E-state index contributed by atoms with van der Waals surface area (Å²) in [6.45, 7) is 9.19.